The lowest BCUT2D eigenvalue weighted by Gasteiger charge is -2.46. The molecular formula is C17H32N2O. The first kappa shape index (κ1) is 16.0. The summed E-state index contributed by atoms with van der Waals surface area (Å²) in [5, 5.41) is 0. The Bertz CT molecular complexity index is 325. The summed E-state index contributed by atoms with van der Waals surface area (Å²) >= 11 is 0. The Morgan fingerprint density at radius 2 is 2.25 bits per heavy atom. The van der Waals surface area contributed by atoms with E-state index in [2.05, 4.69) is 25.3 Å². The Labute approximate surface area is 124 Å². The second-order valence-electron chi connectivity index (χ2n) is 6.68. The summed E-state index contributed by atoms with van der Waals surface area (Å²) in [7, 11) is 0. The lowest BCUT2D eigenvalue weighted by Crippen LogP contribution is -2.57. The van der Waals surface area contributed by atoms with Gasteiger partial charge in [0.25, 0.3) is 0 Å². The highest BCUT2D eigenvalue weighted by molar-refractivity contribution is 5.19. The summed E-state index contributed by atoms with van der Waals surface area (Å²) in [4.78, 5) is 0. The molecule has 1 saturated carbocycles. The first-order chi connectivity index (χ1) is 9.72. The van der Waals surface area contributed by atoms with Gasteiger partial charge >= 0.3 is 0 Å². The van der Waals surface area contributed by atoms with Gasteiger partial charge in [0.2, 0.25) is 0 Å². The normalized spacial score (nSPS) is 33.4. The highest BCUT2D eigenvalue weighted by Crippen LogP contribution is 2.41. The summed E-state index contributed by atoms with van der Waals surface area (Å²) in [5.41, 5.74) is 4.53. The maximum Gasteiger partial charge on any atom is 0.0888 e. The number of nitrogens with two attached hydrogens (primary N) is 1. The number of hydrazine groups is 1. The lowest BCUT2D eigenvalue weighted by atomic mass is 9.72. The Balaban J connectivity index is 2.21. The van der Waals surface area contributed by atoms with Crippen LogP contribution in [-0.4, -0.2) is 18.2 Å². The van der Waals surface area contributed by atoms with Gasteiger partial charge in [0.15, 0.2) is 0 Å². The van der Waals surface area contributed by atoms with Gasteiger partial charge in [-0.3, -0.25) is 11.3 Å². The standard InChI is InChI=1S/C17H32N2O/c1-3-20-17(12-8-9-14(2)13-17)16(19-18)15-10-6-4-5-7-11-15/h10,14,16,19H,3-9,11-13,18H2,1-2H3. The van der Waals surface area contributed by atoms with Crippen LogP contribution in [0.2, 0.25) is 0 Å². The van der Waals surface area contributed by atoms with E-state index in [1.54, 1.807) is 0 Å². The molecule has 3 unspecified atom stereocenters. The molecule has 0 saturated heterocycles. The van der Waals surface area contributed by atoms with Crippen LogP contribution in [-0.2, 0) is 4.74 Å². The van der Waals surface area contributed by atoms with E-state index in [1.165, 1.54) is 50.5 Å². The number of rotatable bonds is 5. The van der Waals surface area contributed by atoms with Crippen molar-refractivity contribution in [1.82, 2.24) is 5.43 Å². The highest BCUT2D eigenvalue weighted by Gasteiger charge is 2.43. The van der Waals surface area contributed by atoms with Gasteiger partial charge in [0, 0.05) is 6.61 Å². The molecule has 0 spiro atoms. The average molecular weight is 280 g/mol. The fourth-order valence-electron chi connectivity index (χ4n) is 4.21. The van der Waals surface area contributed by atoms with Crippen molar-refractivity contribution in [3.8, 4) is 0 Å². The smallest absolute Gasteiger partial charge is 0.0888 e. The predicted molar refractivity (Wildman–Crippen MR) is 84.3 cm³/mol. The van der Waals surface area contributed by atoms with Crippen LogP contribution >= 0.6 is 0 Å². The van der Waals surface area contributed by atoms with E-state index < -0.39 is 0 Å². The summed E-state index contributed by atoms with van der Waals surface area (Å²) < 4.78 is 6.30. The van der Waals surface area contributed by atoms with Crippen molar-refractivity contribution in [3.05, 3.63) is 11.6 Å². The van der Waals surface area contributed by atoms with E-state index >= 15 is 0 Å². The van der Waals surface area contributed by atoms with E-state index in [0.29, 0.717) is 0 Å². The van der Waals surface area contributed by atoms with Gasteiger partial charge in [-0.2, -0.15) is 0 Å². The minimum Gasteiger partial charge on any atom is -0.373 e. The summed E-state index contributed by atoms with van der Waals surface area (Å²) in [6, 6.07) is 0.197. The van der Waals surface area contributed by atoms with E-state index in [1.807, 2.05) is 0 Å². The van der Waals surface area contributed by atoms with Crippen LogP contribution in [0.1, 0.15) is 71.6 Å². The van der Waals surface area contributed by atoms with Crippen molar-refractivity contribution < 1.29 is 4.74 Å². The maximum atomic E-state index is 6.30. The predicted octanol–water partition coefficient (Wildman–Crippen LogP) is 3.69. The summed E-state index contributed by atoms with van der Waals surface area (Å²) in [6.07, 6.45) is 13.6. The summed E-state index contributed by atoms with van der Waals surface area (Å²) in [5.74, 6) is 6.71. The van der Waals surface area contributed by atoms with Crippen LogP contribution in [0.4, 0.5) is 0 Å². The molecular weight excluding hydrogens is 248 g/mol. The number of allylic oxidation sites excluding steroid dienone is 1. The van der Waals surface area contributed by atoms with Gasteiger partial charge in [-0.25, -0.2) is 0 Å². The van der Waals surface area contributed by atoms with Gasteiger partial charge in [-0.15, -0.1) is 0 Å². The molecule has 1 fully saturated rings. The minimum atomic E-state index is -0.0860. The molecule has 3 nitrogen and oxygen atoms in total. The van der Waals surface area contributed by atoms with Crippen molar-refractivity contribution in [2.24, 2.45) is 11.8 Å². The molecule has 2 aliphatic rings. The molecule has 2 aliphatic carbocycles. The molecule has 0 aliphatic heterocycles. The third-order valence-corrected chi connectivity index (χ3v) is 5.06. The van der Waals surface area contributed by atoms with E-state index in [4.69, 9.17) is 10.6 Å². The molecule has 0 aromatic rings. The lowest BCUT2D eigenvalue weighted by molar-refractivity contribution is -0.0932. The molecule has 116 valence electrons. The number of hydrogen-bond acceptors (Lipinski definition) is 3. The zero-order valence-corrected chi connectivity index (χ0v) is 13.3. The van der Waals surface area contributed by atoms with Crippen molar-refractivity contribution >= 4 is 0 Å². The Kier molecular flexibility index (Phi) is 6.06. The van der Waals surface area contributed by atoms with Gasteiger partial charge in [0.1, 0.15) is 0 Å². The largest absolute Gasteiger partial charge is 0.373 e. The second-order valence-corrected chi connectivity index (χ2v) is 6.68. The van der Waals surface area contributed by atoms with Crippen LogP contribution in [0.15, 0.2) is 11.6 Å². The van der Waals surface area contributed by atoms with Crippen LogP contribution < -0.4 is 11.3 Å². The van der Waals surface area contributed by atoms with Gasteiger partial charge < -0.3 is 4.74 Å². The van der Waals surface area contributed by atoms with Crippen LogP contribution in [0.3, 0.4) is 0 Å². The second kappa shape index (κ2) is 7.58. The minimum absolute atomic E-state index is 0.0860. The molecule has 0 aromatic heterocycles. The SMILES string of the molecule is CCOC1(C(NN)C2=CCCCCC2)CCCC(C)C1. The molecule has 0 radical (unpaired) electrons. The molecule has 0 amide bonds. The number of nitrogens with one attached hydrogen (secondary N) is 1. The quantitative estimate of drug-likeness (QED) is 0.458. The first-order valence-corrected chi connectivity index (χ1v) is 8.51. The maximum absolute atomic E-state index is 6.30. The third-order valence-electron chi connectivity index (χ3n) is 5.06. The van der Waals surface area contributed by atoms with Crippen molar-refractivity contribution in [2.75, 3.05) is 6.61 Å². The molecule has 0 bridgehead atoms. The topological polar surface area (TPSA) is 47.3 Å². The Morgan fingerprint density at radius 3 is 2.95 bits per heavy atom. The van der Waals surface area contributed by atoms with Gasteiger partial charge in [0.05, 0.1) is 11.6 Å². The average Bonchev–Trinajstić information content (AvgIpc) is 2.69. The van der Waals surface area contributed by atoms with Crippen molar-refractivity contribution in [1.29, 1.82) is 0 Å². The monoisotopic (exact) mass is 280 g/mol. The molecule has 0 aromatic carbocycles. The van der Waals surface area contributed by atoms with Crippen LogP contribution in [0.5, 0.6) is 0 Å². The Morgan fingerprint density at radius 1 is 1.40 bits per heavy atom. The van der Waals surface area contributed by atoms with Crippen molar-refractivity contribution in [2.45, 2.75) is 83.3 Å². The first-order valence-electron chi connectivity index (χ1n) is 8.51. The zero-order chi connectivity index (χ0) is 14.4. The highest BCUT2D eigenvalue weighted by atomic mass is 16.5. The zero-order valence-electron chi connectivity index (χ0n) is 13.3. The summed E-state index contributed by atoms with van der Waals surface area (Å²) in [6.45, 7) is 5.23. The molecule has 20 heavy (non-hydrogen) atoms. The number of hydrogen-bond donors (Lipinski definition) is 2. The fraction of sp³-hybridized carbons (Fsp3) is 0.882. The molecule has 0 heterocycles. The molecule has 2 rings (SSSR count). The number of ether oxygens (including phenoxy) is 1. The van der Waals surface area contributed by atoms with Gasteiger partial charge in [-0.1, -0.05) is 37.8 Å². The van der Waals surface area contributed by atoms with Crippen LogP contribution in [0.25, 0.3) is 0 Å². The third kappa shape index (κ3) is 3.63. The molecule has 3 atom stereocenters. The van der Waals surface area contributed by atoms with Crippen molar-refractivity contribution in [3.63, 3.8) is 0 Å². The fourth-order valence-corrected chi connectivity index (χ4v) is 4.21. The van der Waals surface area contributed by atoms with E-state index in [0.717, 1.165) is 25.4 Å². The molecule has 3 N–H and O–H groups in total. The molecule has 3 heteroatoms. The van der Waals surface area contributed by atoms with E-state index in [9.17, 15) is 0 Å². The van der Waals surface area contributed by atoms with Gasteiger partial charge in [-0.05, 0) is 51.4 Å². The van der Waals surface area contributed by atoms with Crippen LogP contribution in [0, 0.1) is 5.92 Å². The Hall–Kier alpha value is -0.380. The van der Waals surface area contributed by atoms with E-state index in [-0.39, 0.29) is 11.6 Å².